The first kappa shape index (κ1) is 17.1. The Morgan fingerprint density at radius 3 is 2.43 bits per heavy atom. The van der Waals surface area contributed by atoms with E-state index in [2.05, 4.69) is 5.32 Å². The van der Waals surface area contributed by atoms with Crippen molar-refractivity contribution in [2.45, 2.75) is 13.1 Å². The molecule has 0 radical (unpaired) electrons. The van der Waals surface area contributed by atoms with Crippen LogP contribution in [-0.4, -0.2) is 12.5 Å². The third kappa shape index (κ3) is 4.63. The lowest BCUT2D eigenvalue weighted by atomic mass is 10.2. The van der Waals surface area contributed by atoms with Gasteiger partial charge in [0.2, 0.25) is 0 Å². The fourth-order valence-corrected chi connectivity index (χ4v) is 1.99. The minimum atomic E-state index is -4.40. The molecule has 0 fully saturated rings. The number of hydrogen-bond acceptors (Lipinski definition) is 2. The predicted octanol–water partition coefficient (Wildman–Crippen LogP) is 4.68. The second-order valence-electron chi connectivity index (χ2n) is 4.77. The highest BCUT2D eigenvalue weighted by Crippen LogP contribution is 2.30. The molecule has 3 nitrogen and oxygen atoms in total. The smallest absolute Gasteiger partial charge is 0.416 e. The number of anilines is 1. The Morgan fingerprint density at radius 1 is 1.17 bits per heavy atom. The van der Waals surface area contributed by atoms with Crippen molar-refractivity contribution in [1.29, 1.82) is 0 Å². The Balaban J connectivity index is 1.93. The van der Waals surface area contributed by atoms with Gasteiger partial charge >= 0.3 is 6.18 Å². The minimum Gasteiger partial charge on any atom is -0.484 e. The van der Waals surface area contributed by atoms with Gasteiger partial charge in [-0.05, 0) is 48.9 Å². The van der Waals surface area contributed by atoms with E-state index in [4.69, 9.17) is 16.3 Å². The summed E-state index contributed by atoms with van der Waals surface area (Å²) in [5.74, 6) is -0.258. The maximum absolute atomic E-state index is 12.4. The molecule has 0 unspecified atom stereocenters. The monoisotopic (exact) mass is 343 g/mol. The molecule has 7 heteroatoms. The highest BCUT2D eigenvalue weighted by Gasteiger charge is 2.30. The summed E-state index contributed by atoms with van der Waals surface area (Å²) in [5.41, 5.74) is 0.499. The Labute approximate surface area is 136 Å². The fourth-order valence-electron chi connectivity index (χ4n) is 1.82. The SMILES string of the molecule is Cc1c(Cl)cccc1NC(=O)COc1ccc(C(F)(F)F)cc1. The number of carbonyl (C=O) groups is 1. The van der Waals surface area contributed by atoms with Crippen molar-refractivity contribution in [2.75, 3.05) is 11.9 Å². The fraction of sp³-hybridized carbons (Fsp3) is 0.188. The van der Waals surface area contributed by atoms with Crippen molar-refractivity contribution in [3.8, 4) is 5.75 Å². The zero-order valence-corrected chi connectivity index (χ0v) is 12.8. The molecule has 0 atom stereocenters. The van der Waals surface area contributed by atoms with E-state index in [1.54, 1.807) is 25.1 Å². The van der Waals surface area contributed by atoms with Crippen LogP contribution in [0.2, 0.25) is 5.02 Å². The van der Waals surface area contributed by atoms with E-state index in [1.807, 2.05) is 0 Å². The molecular formula is C16H13ClF3NO2. The average molecular weight is 344 g/mol. The van der Waals surface area contributed by atoms with Crippen molar-refractivity contribution >= 4 is 23.2 Å². The van der Waals surface area contributed by atoms with E-state index < -0.39 is 17.6 Å². The summed E-state index contributed by atoms with van der Waals surface area (Å²) in [7, 11) is 0. The van der Waals surface area contributed by atoms with Gasteiger partial charge < -0.3 is 10.1 Å². The summed E-state index contributed by atoms with van der Waals surface area (Å²) in [6, 6.07) is 9.22. The summed E-state index contributed by atoms with van der Waals surface area (Å²) in [4.78, 5) is 11.8. The molecule has 122 valence electrons. The van der Waals surface area contributed by atoms with Crippen molar-refractivity contribution in [3.05, 3.63) is 58.6 Å². The van der Waals surface area contributed by atoms with Crippen LogP contribution in [-0.2, 0) is 11.0 Å². The zero-order chi connectivity index (χ0) is 17.0. The summed E-state index contributed by atoms with van der Waals surface area (Å²) < 4.78 is 42.5. The molecule has 0 aliphatic carbocycles. The number of ether oxygens (including phenoxy) is 1. The molecule has 0 aliphatic rings. The van der Waals surface area contributed by atoms with Crippen molar-refractivity contribution in [2.24, 2.45) is 0 Å². The van der Waals surface area contributed by atoms with Crippen LogP contribution in [0.4, 0.5) is 18.9 Å². The predicted molar refractivity (Wildman–Crippen MR) is 81.8 cm³/mol. The molecule has 0 saturated carbocycles. The number of benzene rings is 2. The molecule has 23 heavy (non-hydrogen) atoms. The van der Waals surface area contributed by atoms with E-state index in [9.17, 15) is 18.0 Å². The van der Waals surface area contributed by atoms with Crippen LogP contribution in [0.25, 0.3) is 0 Å². The maximum atomic E-state index is 12.4. The van der Waals surface area contributed by atoms with Crippen LogP contribution in [0.1, 0.15) is 11.1 Å². The summed E-state index contributed by atoms with van der Waals surface area (Å²) in [5, 5.41) is 3.15. The summed E-state index contributed by atoms with van der Waals surface area (Å²) in [6.45, 7) is 1.44. The molecule has 0 saturated heterocycles. The van der Waals surface area contributed by atoms with Gasteiger partial charge in [-0.15, -0.1) is 0 Å². The van der Waals surface area contributed by atoms with E-state index in [0.29, 0.717) is 10.7 Å². The standard InChI is InChI=1S/C16H13ClF3NO2/c1-10-13(17)3-2-4-14(10)21-15(22)9-23-12-7-5-11(6-8-12)16(18,19)20/h2-8H,9H2,1H3,(H,21,22). The van der Waals surface area contributed by atoms with Crippen molar-refractivity contribution in [1.82, 2.24) is 0 Å². The van der Waals surface area contributed by atoms with Gasteiger partial charge in [0.25, 0.3) is 5.91 Å². The van der Waals surface area contributed by atoms with Crippen LogP contribution in [0.15, 0.2) is 42.5 Å². The van der Waals surface area contributed by atoms with Gasteiger partial charge in [-0.1, -0.05) is 17.7 Å². The molecular weight excluding hydrogens is 331 g/mol. The largest absolute Gasteiger partial charge is 0.484 e. The average Bonchev–Trinajstić information content (AvgIpc) is 2.49. The normalized spacial score (nSPS) is 11.2. The first-order chi connectivity index (χ1) is 10.8. The molecule has 0 aliphatic heterocycles. The van der Waals surface area contributed by atoms with E-state index in [1.165, 1.54) is 12.1 Å². The molecule has 2 rings (SSSR count). The number of nitrogens with one attached hydrogen (secondary N) is 1. The lowest BCUT2D eigenvalue weighted by Gasteiger charge is -2.11. The van der Waals surface area contributed by atoms with Gasteiger partial charge in [-0.3, -0.25) is 4.79 Å². The van der Waals surface area contributed by atoms with Crippen molar-refractivity contribution in [3.63, 3.8) is 0 Å². The van der Waals surface area contributed by atoms with E-state index >= 15 is 0 Å². The number of hydrogen-bond donors (Lipinski definition) is 1. The Bertz CT molecular complexity index is 699. The van der Waals surface area contributed by atoms with Gasteiger partial charge in [0.05, 0.1) is 5.56 Å². The Morgan fingerprint density at radius 2 is 1.83 bits per heavy atom. The van der Waals surface area contributed by atoms with Gasteiger partial charge in [0.1, 0.15) is 5.75 Å². The Kier molecular flexibility index (Phi) is 5.15. The van der Waals surface area contributed by atoms with Crippen molar-refractivity contribution < 1.29 is 22.7 Å². The van der Waals surface area contributed by atoms with Crippen LogP contribution in [0.3, 0.4) is 0 Å². The minimum absolute atomic E-state index is 0.177. The maximum Gasteiger partial charge on any atom is 0.416 e. The first-order valence-corrected chi connectivity index (χ1v) is 7.00. The van der Waals surface area contributed by atoms with Gasteiger partial charge in [-0.25, -0.2) is 0 Å². The van der Waals surface area contributed by atoms with E-state index in [0.717, 1.165) is 17.7 Å². The quantitative estimate of drug-likeness (QED) is 0.875. The van der Waals surface area contributed by atoms with Gasteiger partial charge in [0, 0.05) is 10.7 Å². The second-order valence-corrected chi connectivity index (χ2v) is 5.18. The number of halogens is 4. The lowest BCUT2D eigenvalue weighted by Crippen LogP contribution is -2.20. The molecule has 0 heterocycles. The van der Waals surface area contributed by atoms with Crippen LogP contribution in [0.5, 0.6) is 5.75 Å². The molecule has 1 amide bonds. The topological polar surface area (TPSA) is 38.3 Å². The van der Waals surface area contributed by atoms with Crippen LogP contribution < -0.4 is 10.1 Å². The second kappa shape index (κ2) is 6.91. The zero-order valence-electron chi connectivity index (χ0n) is 12.1. The van der Waals surface area contributed by atoms with Gasteiger partial charge in [-0.2, -0.15) is 13.2 Å². The number of alkyl halides is 3. The lowest BCUT2D eigenvalue weighted by molar-refractivity contribution is -0.137. The molecule has 2 aromatic carbocycles. The first-order valence-electron chi connectivity index (χ1n) is 6.62. The highest BCUT2D eigenvalue weighted by atomic mass is 35.5. The molecule has 0 spiro atoms. The molecule has 1 N–H and O–H groups in total. The number of rotatable bonds is 4. The van der Waals surface area contributed by atoms with Crippen LogP contribution in [0, 0.1) is 6.92 Å². The highest BCUT2D eigenvalue weighted by molar-refractivity contribution is 6.31. The summed E-state index contributed by atoms with van der Waals surface area (Å²) in [6.07, 6.45) is -4.40. The number of amides is 1. The Hall–Kier alpha value is -2.21. The van der Waals surface area contributed by atoms with Gasteiger partial charge in [0.15, 0.2) is 6.61 Å². The third-order valence-electron chi connectivity index (χ3n) is 3.09. The molecule has 0 bridgehead atoms. The molecule has 0 aromatic heterocycles. The third-order valence-corrected chi connectivity index (χ3v) is 3.50. The van der Waals surface area contributed by atoms with E-state index in [-0.39, 0.29) is 12.4 Å². The van der Waals surface area contributed by atoms with Crippen LogP contribution >= 0.6 is 11.6 Å². The summed E-state index contributed by atoms with van der Waals surface area (Å²) >= 11 is 5.95. The molecule has 2 aromatic rings. The number of carbonyl (C=O) groups excluding carboxylic acids is 1.